The second-order valence-electron chi connectivity index (χ2n) is 1.32. The zero-order valence-corrected chi connectivity index (χ0v) is 5.98. The van der Waals surface area contributed by atoms with Crippen molar-refractivity contribution in [3.8, 4) is 0 Å². The summed E-state index contributed by atoms with van der Waals surface area (Å²) in [5.74, 6) is -0.455. The summed E-state index contributed by atoms with van der Waals surface area (Å²) in [4.78, 5) is 10.3. The standard InChI is InChI=1S/C6H8O2S/c1-2-3-4-8-6(7)5-9/h2-3,5H,4H2,1H3/b3-2+. The first-order chi connectivity index (χ1) is 4.31. The van der Waals surface area contributed by atoms with Gasteiger partial charge in [-0.3, -0.25) is 0 Å². The molecular formula is C6H8O2S. The van der Waals surface area contributed by atoms with Crippen LogP contribution in [0.4, 0.5) is 0 Å². The summed E-state index contributed by atoms with van der Waals surface area (Å²) in [6.45, 7) is 2.16. The fourth-order valence-electron chi connectivity index (χ4n) is 0.260. The Labute approximate surface area is 59.5 Å². The van der Waals surface area contributed by atoms with Crippen molar-refractivity contribution >= 4 is 23.6 Å². The number of esters is 1. The van der Waals surface area contributed by atoms with Crippen molar-refractivity contribution in [2.45, 2.75) is 6.92 Å². The smallest absolute Gasteiger partial charge is 0.342 e. The molecule has 0 N–H and O–H groups in total. The van der Waals surface area contributed by atoms with E-state index in [4.69, 9.17) is 0 Å². The number of ether oxygens (including phenoxy) is 1. The molecule has 0 aliphatic heterocycles. The molecule has 0 fully saturated rings. The molecule has 0 heterocycles. The summed E-state index contributed by atoms with van der Waals surface area (Å²) in [5, 5.41) is 0.976. The maximum Gasteiger partial charge on any atom is 0.342 e. The lowest BCUT2D eigenvalue weighted by molar-refractivity contribution is -0.133. The summed E-state index contributed by atoms with van der Waals surface area (Å²) in [7, 11) is 0. The molecule has 0 amide bonds. The lowest BCUT2D eigenvalue weighted by Crippen LogP contribution is -2.03. The number of hydrogen-bond acceptors (Lipinski definition) is 3. The molecule has 3 heteroatoms. The normalized spacial score (nSPS) is 9.44. The largest absolute Gasteiger partial charge is 0.458 e. The molecular weight excluding hydrogens is 136 g/mol. The van der Waals surface area contributed by atoms with Gasteiger partial charge in [0.15, 0.2) is 0 Å². The van der Waals surface area contributed by atoms with Crippen LogP contribution in [0.2, 0.25) is 0 Å². The first kappa shape index (κ1) is 8.30. The molecule has 0 aromatic carbocycles. The van der Waals surface area contributed by atoms with Crippen LogP contribution < -0.4 is 0 Å². The van der Waals surface area contributed by atoms with Crippen molar-refractivity contribution in [3.05, 3.63) is 12.2 Å². The molecule has 0 bridgehead atoms. The number of rotatable bonds is 3. The van der Waals surface area contributed by atoms with Gasteiger partial charge >= 0.3 is 5.97 Å². The van der Waals surface area contributed by atoms with E-state index in [0.29, 0.717) is 6.61 Å². The van der Waals surface area contributed by atoms with Crippen molar-refractivity contribution in [1.82, 2.24) is 0 Å². The van der Waals surface area contributed by atoms with E-state index in [2.05, 4.69) is 17.0 Å². The van der Waals surface area contributed by atoms with Crippen LogP contribution in [0.3, 0.4) is 0 Å². The SMILES string of the molecule is C/C=C/COC(=O)C=S. The van der Waals surface area contributed by atoms with Crippen LogP contribution in [0.15, 0.2) is 12.2 Å². The second kappa shape index (κ2) is 5.44. The van der Waals surface area contributed by atoms with Crippen LogP contribution in [-0.4, -0.2) is 17.9 Å². The molecule has 0 spiro atoms. The summed E-state index contributed by atoms with van der Waals surface area (Å²) in [6, 6.07) is 0. The van der Waals surface area contributed by atoms with Gasteiger partial charge in [0.1, 0.15) is 6.61 Å². The van der Waals surface area contributed by atoms with Crippen LogP contribution >= 0.6 is 12.2 Å². The van der Waals surface area contributed by atoms with Crippen molar-refractivity contribution in [3.63, 3.8) is 0 Å². The Kier molecular flexibility index (Phi) is 5.01. The quantitative estimate of drug-likeness (QED) is 0.337. The maximum atomic E-state index is 10.3. The summed E-state index contributed by atoms with van der Waals surface area (Å²) >= 11 is 4.30. The van der Waals surface area contributed by atoms with E-state index >= 15 is 0 Å². The zero-order valence-electron chi connectivity index (χ0n) is 5.16. The highest BCUT2D eigenvalue weighted by Gasteiger charge is 1.90. The molecule has 0 unspecified atom stereocenters. The van der Waals surface area contributed by atoms with E-state index in [1.807, 2.05) is 6.92 Å². The molecule has 0 saturated carbocycles. The molecule has 2 nitrogen and oxygen atoms in total. The topological polar surface area (TPSA) is 26.3 Å². The Bertz CT molecular complexity index is 129. The minimum absolute atomic E-state index is 0.308. The van der Waals surface area contributed by atoms with Gasteiger partial charge in [0.25, 0.3) is 0 Å². The molecule has 0 saturated heterocycles. The van der Waals surface area contributed by atoms with Gasteiger partial charge in [-0.15, -0.1) is 0 Å². The highest BCUT2D eigenvalue weighted by atomic mass is 32.1. The Balaban J connectivity index is 3.27. The Hall–Kier alpha value is -0.700. The van der Waals surface area contributed by atoms with Crippen LogP contribution in [0.25, 0.3) is 0 Å². The minimum Gasteiger partial charge on any atom is -0.458 e. The number of thiocarbonyl (C=S) groups is 1. The van der Waals surface area contributed by atoms with Crippen molar-refractivity contribution in [1.29, 1.82) is 0 Å². The summed E-state index contributed by atoms with van der Waals surface area (Å²) in [6.07, 6.45) is 3.54. The van der Waals surface area contributed by atoms with Crippen LogP contribution in [-0.2, 0) is 9.53 Å². The van der Waals surface area contributed by atoms with Crippen molar-refractivity contribution < 1.29 is 9.53 Å². The van der Waals surface area contributed by atoms with Crippen molar-refractivity contribution in [2.75, 3.05) is 6.61 Å². The molecule has 0 aromatic rings. The number of allylic oxidation sites excluding steroid dienone is 1. The van der Waals surface area contributed by atoms with E-state index in [0.717, 1.165) is 5.37 Å². The van der Waals surface area contributed by atoms with Crippen LogP contribution in [0.1, 0.15) is 6.92 Å². The Morgan fingerprint density at radius 2 is 2.44 bits per heavy atom. The van der Waals surface area contributed by atoms with Gasteiger partial charge in [0, 0.05) is 0 Å². The molecule has 0 aliphatic carbocycles. The zero-order chi connectivity index (χ0) is 7.11. The van der Waals surface area contributed by atoms with E-state index in [-0.39, 0.29) is 0 Å². The van der Waals surface area contributed by atoms with E-state index in [1.165, 1.54) is 0 Å². The average molecular weight is 144 g/mol. The third-order valence-electron chi connectivity index (χ3n) is 0.654. The highest BCUT2D eigenvalue weighted by Crippen LogP contribution is 1.76. The van der Waals surface area contributed by atoms with Gasteiger partial charge in [-0.2, -0.15) is 0 Å². The monoisotopic (exact) mass is 144 g/mol. The highest BCUT2D eigenvalue weighted by molar-refractivity contribution is 7.80. The third-order valence-corrected chi connectivity index (χ3v) is 0.846. The van der Waals surface area contributed by atoms with Crippen molar-refractivity contribution in [2.24, 2.45) is 0 Å². The average Bonchev–Trinajstić information content (AvgIpc) is 1.89. The number of carbonyl (C=O) groups is 1. The first-order valence-electron chi connectivity index (χ1n) is 2.54. The van der Waals surface area contributed by atoms with E-state index in [9.17, 15) is 4.79 Å². The number of hydrogen-bond donors (Lipinski definition) is 0. The second-order valence-corrected chi connectivity index (χ2v) is 1.55. The third kappa shape index (κ3) is 5.17. The van der Waals surface area contributed by atoms with E-state index < -0.39 is 5.97 Å². The maximum absolute atomic E-state index is 10.3. The Morgan fingerprint density at radius 1 is 1.78 bits per heavy atom. The fourth-order valence-corrected chi connectivity index (χ4v) is 0.329. The van der Waals surface area contributed by atoms with E-state index in [1.54, 1.807) is 12.2 Å². The molecule has 50 valence electrons. The molecule has 0 aromatic heterocycles. The summed E-state index contributed by atoms with van der Waals surface area (Å²) < 4.78 is 4.55. The molecule has 0 rings (SSSR count). The van der Waals surface area contributed by atoms with Gasteiger partial charge in [-0.25, -0.2) is 4.79 Å². The van der Waals surface area contributed by atoms with Gasteiger partial charge in [-0.05, 0) is 6.92 Å². The number of carbonyl (C=O) groups excluding carboxylic acids is 1. The molecule has 0 aliphatic rings. The van der Waals surface area contributed by atoms with Gasteiger partial charge < -0.3 is 4.74 Å². The lowest BCUT2D eigenvalue weighted by Gasteiger charge is -1.92. The Morgan fingerprint density at radius 3 is 2.89 bits per heavy atom. The first-order valence-corrected chi connectivity index (χ1v) is 3.01. The van der Waals surface area contributed by atoms with Gasteiger partial charge in [0.05, 0.1) is 5.37 Å². The molecule has 9 heavy (non-hydrogen) atoms. The lowest BCUT2D eigenvalue weighted by atomic mass is 10.5. The summed E-state index contributed by atoms with van der Waals surface area (Å²) in [5.41, 5.74) is 0. The minimum atomic E-state index is -0.455. The molecule has 0 atom stereocenters. The van der Waals surface area contributed by atoms with Gasteiger partial charge in [0.2, 0.25) is 0 Å². The predicted octanol–water partition coefficient (Wildman–Crippen LogP) is 1.11. The predicted molar refractivity (Wildman–Crippen MR) is 39.4 cm³/mol. The van der Waals surface area contributed by atoms with Crippen LogP contribution in [0.5, 0.6) is 0 Å². The fraction of sp³-hybridized carbons (Fsp3) is 0.333. The molecule has 0 radical (unpaired) electrons. The van der Waals surface area contributed by atoms with Crippen LogP contribution in [0, 0.1) is 0 Å². The van der Waals surface area contributed by atoms with Gasteiger partial charge in [-0.1, -0.05) is 24.4 Å².